The molecule has 4 aliphatic heterocycles. The minimum atomic E-state index is -0.772. The first kappa shape index (κ1) is 41.9. The summed E-state index contributed by atoms with van der Waals surface area (Å²) in [6, 6.07) is 5.44. The molecule has 4 saturated heterocycles. The first-order valence-electron chi connectivity index (χ1n) is 20.2. The number of piperazine rings is 1. The van der Waals surface area contributed by atoms with Crippen LogP contribution in [-0.4, -0.2) is 145 Å². The smallest absolute Gasteiger partial charge is 0.298 e. The second-order valence-corrected chi connectivity index (χ2v) is 16.8. The van der Waals surface area contributed by atoms with Gasteiger partial charge in [-0.2, -0.15) is 4.98 Å². The lowest BCUT2D eigenvalue weighted by Crippen LogP contribution is -2.55. The maximum Gasteiger partial charge on any atom is 0.298 e. The summed E-state index contributed by atoms with van der Waals surface area (Å²) in [7, 11) is 0. The van der Waals surface area contributed by atoms with Crippen LogP contribution in [0.1, 0.15) is 75.9 Å². The van der Waals surface area contributed by atoms with Gasteiger partial charge in [-0.1, -0.05) is 26.8 Å². The van der Waals surface area contributed by atoms with Gasteiger partial charge < -0.3 is 50.2 Å². The van der Waals surface area contributed by atoms with E-state index in [0.29, 0.717) is 103 Å². The van der Waals surface area contributed by atoms with Crippen LogP contribution >= 0.6 is 0 Å². The van der Waals surface area contributed by atoms with Crippen LogP contribution in [0.2, 0.25) is 0 Å². The Kier molecular flexibility index (Phi) is 13.4. The number of ether oxygens (including phenoxy) is 1. The maximum atomic E-state index is 13.4. The number of primary amides is 1. The van der Waals surface area contributed by atoms with Gasteiger partial charge in [0.1, 0.15) is 12.3 Å². The molecule has 57 heavy (non-hydrogen) atoms. The van der Waals surface area contributed by atoms with E-state index in [4.69, 9.17) is 14.9 Å². The first-order chi connectivity index (χ1) is 27.2. The topological polar surface area (TPSA) is 207 Å². The van der Waals surface area contributed by atoms with E-state index >= 15 is 0 Å². The van der Waals surface area contributed by atoms with Crippen LogP contribution in [0.3, 0.4) is 0 Å². The van der Waals surface area contributed by atoms with Crippen molar-refractivity contribution < 1.29 is 38.2 Å². The number of aromatic nitrogens is 1. The Balaban J connectivity index is 1.03. The fourth-order valence-corrected chi connectivity index (χ4v) is 8.05. The van der Waals surface area contributed by atoms with Crippen molar-refractivity contribution in [2.45, 2.75) is 84.5 Å². The molecule has 1 aromatic carbocycles. The minimum Gasteiger partial charge on any atom is -0.431 e. The highest BCUT2D eigenvalue weighted by Crippen LogP contribution is 2.33. The van der Waals surface area contributed by atoms with Crippen LogP contribution in [0, 0.1) is 11.3 Å². The summed E-state index contributed by atoms with van der Waals surface area (Å²) < 4.78 is 11.0. The Bertz CT molecular complexity index is 1760. The van der Waals surface area contributed by atoms with Crippen LogP contribution in [0.25, 0.3) is 0 Å². The highest BCUT2D eigenvalue weighted by atomic mass is 16.5. The average Bonchev–Trinajstić information content (AvgIpc) is 3.83. The number of hydrogen-bond acceptors (Lipinski definition) is 12. The van der Waals surface area contributed by atoms with E-state index in [1.807, 2.05) is 44.7 Å². The van der Waals surface area contributed by atoms with Crippen molar-refractivity contribution >= 4 is 46.9 Å². The molecule has 5 amide bonds. The number of β-amino-alcohol motifs (C(OH)–C–C–N with tert-alkyl or cyclic N) is 1. The summed E-state index contributed by atoms with van der Waals surface area (Å²) in [5, 5.41) is 16.0. The van der Waals surface area contributed by atoms with Crippen molar-refractivity contribution in [2.24, 2.45) is 17.1 Å². The van der Waals surface area contributed by atoms with Gasteiger partial charge >= 0.3 is 0 Å². The van der Waals surface area contributed by atoms with Crippen LogP contribution < -0.4 is 26.2 Å². The molecule has 17 nitrogen and oxygen atoms in total. The van der Waals surface area contributed by atoms with Crippen molar-refractivity contribution in [1.29, 1.82) is 0 Å². The number of carbonyl (C=O) groups excluding carboxylic acids is 5. The van der Waals surface area contributed by atoms with Crippen LogP contribution in [-0.2, 0) is 30.5 Å². The summed E-state index contributed by atoms with van der Waals surface area (Å²) in [6.07, 6.45) is 2.56. The Labute approximate surface area is 334 Å². The number of aliphatic hydroxyl groups is 1. The van der Waals surface area contributed by atoms with E-state index < -0.39 is 23.5 Å². The Morgan fingerprint density at radius 2 is 1.67 bits per heavy atom. The van der Waals surface area contributed by atoms with Gasteiger partial charge in [0.15, 0.2) is 5.69 Å². The van der Waals surface area contributed by atoms with Gasteiger partial charge in [-0.3, -0.25) is 28.9 Å². The predicted octanol–water partition coefficient (Wildman–Crippen LogP) is 1.40. The number of piperidine rings is 1. The molecule has 3 atom stereocenters. The van der Waals surface area contributed by atoms with Crippen LogP contribution in [0.4, 0.5) is 17.4 Å². The van der Waals surface area contributed by atoms with Gasteiger partial charge in [-0.25, -0.2) is 0 Å². The van der Waals surface area contributed by atoms with Gasteiger partial charge in [0.25, 0.3) is 11.9 Å². The fourth-order valence-electron chi connectivity index (χ4n) is 8.05. The molecule has 0 spiro atoms. The van der Waals surface area contributed by atoms with Gasteiger partial charge in [0.05, 0.1) is 30.7 Å². The Hall–Kier alpha value is -4.74. The highest BCUT2D eigenvalue weighted by molar-refractivity contribution is 6.04. The zero-order chi connectivity index (χ0) is 40.9. The molecule has 6 rings (SSSR count). The standard InChI is InChI=1S/C40H59N9O8/c1-26-21-29(50)24-49(26)38(55)35(40(2,3)4)44-33(51)7-8-34(52)47-15-13-45(14-16-47)23-27-5-6-30(32(22-27)46-11-9-28(10-12-46)36(41)53)42-37(54)31-25-57-39(43-31)48-17-19-56-20-18-48/h5-6,22,25-26,28-29,35,50H,7-21,23-24H2,1-4H3,(H2,41,53)(H,42,54)(H,44,51)/t26-,29-,35-/m1/s1. The third-order valence-corrected chi connectivity index (χ3v) is 11.5. The molecule has 0 unspecified atom stereocenters. The number of anilines is 3. The van der Waals surface area contributed by atoms with Crippen molar-refractivity contribution in [2.75, 3.05) is 87.2 Å². The van der Waals surface area contributed by atoms with E-state index in [1.54, 1.807) is 9.80 Å². The molecule has 312 valence electrons. The van der Waals surface area contributed by atoms with Gasteiger partial charge in [0.2, 0.25) is 23.6 Å². The van der Waals surface area contributed by atoms with Crippen LogP contribution in [0.15, 0.2) is 28.9 Å². The van der Waals surface area contributed by atoms with Crippen molar-refractivity contribution in [3.63, 3.8) is 0 Å². The van der Waals surface area contributed by atoms with Gasteiger partial charge in [-0.05, 0) is 49.3 Å². The normalized spacial score (nSPS) is 21.7. The summed E-state index contributed by atoms with van der Waals surface area (Å²) in [5.41, 5.74) is 7.74. The van der Waals surface area contributed by atoms with E-state index in [0.717, 1.165) is 11.3 Å². The average molecular weight is 794 g/mol. The molecular weight excluding hydrogens is 734 g/mol. The Morgan fingerprint density at radius 3 is 2.30 bits per heavy atom. The van der Waals surface area contributed by atoms with E-state index in [1.165, 1.54) is 6.26 Å². The van der Waals surface area contributed by atoms with E-state index in [2.05, 4.69) is 31.5 Å². The number of nitrogens with one attached hydrogen (secondary N) is 2. The summed E-state index contributed by atoms with van der Waals surface area (Å²) >= 11 is 0. The zero-order valence-electron chi connectivity index (χ0n) is 33.7. The lowest BCUT2D eigenvalue weighted by atomic mass is 9.85. The summed E-state index contributed by atoms with van der Waals surface area (Å²) in [5.74, 6) is -1.55. The van der Waals surface area contributed by atoms with Crippen LogP contribution in [0.5, 0.6) is 0 Å². The van der Waals surface area contributed by atoms with E-state index in [-0.39, 0.29) is 60.7 Å². The monoisotopic (exact) mass is 793 g/mol. The molecule has 0 radical (unpaired) electrons. The highest BCUT2D eigenvalue weighted by Gasteiger charge is 2.40. The zero-order valence-corrected chi connectivity index (χ0v) is 33.7. The molecule has 5 heterocycles. The lowest BCUT2D eigenvalue weighted by Gasteiger charge is -2.36. The van der Waals surface area contributed by atoms with Gasteiger partial charge in [-0.15, -0.1) is 0 Å². The number of amides is 5. The molecule has 5 N–H and O–H groups in total. The quantitative estimate of drug-likeness (QED) is 0.241. The second kappa shape index (κ2) is 18.2. The number of rotatable bonds is 12. The number of nitrogens with two attached hydrogens (primary N) is 1. The number of morpholine rings is 1. The fraction of sp³-hybridized carbons (Fsp3) is 0.650. The number of likely N-dealkylation sites (tertiary alicyclic amines) is 1. The first-order valence-corrected chi connectivity index (χ1v) is 20.2. The van der Waals surface area contributed by atoms with Gasteiger partial charge in [0, 0.05) is 90.2 Å². The number of carbonyl (C=O) groups is 5. The van der Waals surface area contributed by atoms with Crippen molar-refractivity contribution in [3.8, 4) is 0 Å². The molecule has 4 aliphatic rings. The third-order valence-electron chi connectivity index (χ3n) is 11.5. The molecule has 0 saturated carbocycles. The SMILES string of the molecule is C[C@@H]1C[C@@H](O)CN1C(=O)[C@@H](NC(=O)CCC(=O)N1CCN(Cc2ccc(NC(=O)c3coc(N4CCOCC4)n3)c(N3CCC(C(N)=O)CC3)c2)CC1)C(C)(C)C. The largest absolute Gasteiger partial charge is 0.431 e. The van der Waals surface area contributed by atoms with Crippen molar-refractivity contribution in [3.05, 3.63) is 35.7 Å². The minimum absolute atomic E-state index is 0.0227. The molecule has 0 aliphatic carbocycles. The second-order valence-electron chi connectivity index (χ2n) is 16.8. The lowest BCUT2D eigenvalue weighted by molar-refractivity contribution is -0.140. The molecule has 1 aromatic heterocycles. The molecule has 17 heteroatoms. The number of hydrogen-bond donors (Lipinski definition) is 4. The molecule has 4 fully saturated rings. The Morgan fingerprint density at radius 1 is 0.965 bits per heavy atom. The third kappa shape index (κ3) is 10.6. The summed E-state index contributed by atoms with van der Waals surface area (Å²) in [4.78, 5) is 79.2. The molecular formula is C40H59N9O8. The number of benzene rings is 1. The number of oxazole rings is 1. The molecule has 0 bridgehead atoms. The number of aliphatic hydroxyl groups excluding tert-OH is 1. The van der Waals surface area contributed by atoms with E-state index in [9.17, 15) is 29.1 Å². The summed E-state index contributed by atoms with van der Waals surface area (Å²) in [6.45, 7) is 14.4. The predicted molar refractivity (Wildman–Crippen MR) is 212 cm³/mol. The molecule has 2 aromatic rings. The van der Waals surface area contributed by atoms with Crippen molar-refractivity contribution in [1.82, 2.24) is 25.0 Å². The number of nitrogens with zero attached hydrogens (tertiary/aromatic N) is 6. The maximum absolute atomic E-state index is 13.4.